The lowest BCUT2D eigenvalue weighted by Gasteiger charge is -2.17. The van der Waals surface area contributed by atoms with Crippen LogP contribution in [-0.4, -0.2) is 18.5 Å². The minimum Gasteiger partial charge on any atom is -0.448 e. The fourth-order valence-corrected chi connectivity index (χ4v) is 1.91. The van der Waals surface area contributed by atoms with Crippen LogP contribution in [0.1, 0.15) is 22.0 Å². The Balaban J connectivity index is 2.20. The van der Waals surface area contributed by atoms with Gasteiger partial charge in [0.2, 0.25) is 0 Å². The molecule has 0 heterocycles. The molecule has 1 atom stereocenters. The van der Waals surface area contributed by atoms with Crippen LogP contribution in [0.5, 0.6) is 0 Å². The number of nitrogens with one attached hydrogen (secondary N) is 1. The van der Waals surface area contributed by atoms with Crippen molar-refractivity contribution >= 4 is 11.9 Å². The number of carbonyl (C=O) groups excluding carboxylic acids is 2. The molecule has 0 aromatic heterocycles. The first-order valence-corrected chi connectivity index (χ1v) is 6.67. The Morgan fingerprint density at radius 2 is 1.64 bits per heavy atom. The van der Waals surface area contributed by atoms with Crippen molar-refractivity contribution in [2.45, 2.75) is 6.04 Å². The Bertz CT molecular complexity index is 678. The Labute approximate surface area is 128 Å². The quantitative estimate of drug-likeness (QED) is 0.858. The topological polar surface area (TPSA) is 79.2 Å². The first kappa shape index (κ1) is 15.3. The maximum Gasteiger partial charge on any atom is 0.334 e. The van der Waals surface area contributed by atoms with Gasteiger partial charge in [-0.1, -0.05) is 48.5 Å². The summed E-state index contributed by atoms with van der Waals surface area (Å²) in [6, 6.07) is 18.1. The third-order valence-electron chi connectivity index (χ3n) is 2.96. The maximum atomic E-state index is 12.2. The number of benzene rings is 2. The van der Waals surface area contributed by atoms with E-state index in [1.807, 2.05) is 0 Å². The van der Waals surface area contributed by atoms with Crippen LogP contribution in [-0.2, 0) is 9.53 Å². The second kappa shape index (κ2) is 7.60. The lowest BCUT2D eigenvalue weighted by Crippen LogP contribution is -2.35. The first-order valence-electron chi connectivity index (χ1n) is 6.67. The molecule has 0 spiro atoms. The molecule has 2 aromatic rings. The molecular weight excluding hydrogens is 280 g/mol. The molecule has 110 valence electrons. The van der Waals surface area contributed by atoms with Crippen LogP contribution in [0.25, 0.3) is 0 Å². The summed E-state index contributed by atoms with van der Waals surface area (Å²) in [7, 11) is 0. The zero-order chi connectivity index (χ0) is 15.8. The molecule has 2 aromatic carbocycles. The van der Waals surface area contributed by atoms with Gasteiger partial charge in [-0.15, -0.1) is 0 Å². The Morgan fingerprint density at radius 1 is 1.05 bits per heavy atom. The van der Waals surface area contributed by atoms with Gasteiger partial charge in [0.1, 0.15) is 6.07 Å². The second-order valence-corrected chi connectivity index (χ2v) is 4.45. The van der Waals surface area contributed by atoms with Crippen molar-refractivity contribution in [3.05, 3.63) is 71.8 Å². The number of hydrogen-bond acceptors (Lipinski definition) is 4. The van der Waals surface area contributed by atoms with Gasteiger partial charge in [0, 0.05) is 5.56 Å². The van der Waals surface area contributed by atoms with Crippen molar-refractivity contribution in [1.82, 2.24) is 5.32 Å². The third kappa shape index (κ3) is 3.93. The molecular formula is C17H14N2O3. The molecule has 5 nitrogen and oxygen atoms in total. The molecule has 0 aliphatic rings. The molecule has 1 N–H and O–H groups in total. The molecule has 1 amide bonds. The van der Waals surface area contributed by atoms with E-state index in [4.69, 9.17) is 10.00 Å². The number of esters is 1. The summed E-state index contributed by atoms with van der Waals surface area (Å²) in [4.78, 5) is 24.3. The maximum absolute atomic E-state index is 12.2. The molecule has 0 saturated carbocycles. The van der Waals surface area contributed by atoms with Crippen molar-refractivity contribution in [3.63, 3.8) is 0 Å². The molecule has 22 heavy (non-hydrogen) atoms. The number of nitrogens with zero attached hydrogens (tertiary/aromatic N) is 1. The standard InChI is InChI=1S/C17H14N2O3/c18-11-12-22-17(21)15(13-7-3-1-4-8-13)19-16(20)14-9-5-2-6-10-14/h1-10,15H,12H2,(H,19,20). The van der Waals surface area contributed by atoms with E-state index in [-0.39, 0.29) is 12.5 Å². The van der Waals surface area contributed by atoms with Crippen LogP contribution >= 0.6 is 0 Å². The largest absolute Gasteiger partial charge is 0.448 e. The summed E-state index contributed by atoms with van der Waals surface area (Å²) in [5.74, 6) is -1.06. The number of amides is 1. The Kier molecular flexibility index (Phi) is 5.27. The summed E-state index contributed by atoms with van der Waals surface area (Å²) in [5.41, 5.74) is 1.03. The Morgan fingerprint density at radius 3 is 2.23 bits per heavy atom. The summed E-state index contributed by atoms with van der Waals surface area (Å²) in [5, 5.41) is 11.1. The number of carbonyl (C=O) groups is 2. The van der Waals surface area contributed by atoms with E-state index in [9.17, 15) is 9.59 Å². The third-order valence-corrected chi connectivity index (χ3v) is 2.96. The highest BCUT2D eigenvalue weighted by atomic mass is 16.5. The van der Waals surface area contributed by atoms with E-state index in [1.165, 1.54) is 0 Å². The van der Waals surface area contributed by atoms with Gasteiger partial charge in [-0.3, -0.25) is 4.79 Å². The molecule has 0 saturated heterocycles. The van der Waals surface area contributed by atoms with E-state index < -0.39 is 12.0 Å². The molecule has 0 aliphatic carbocycles. The van der Waals surface area contributed by atoms with Gasteiger partial charge in [0.15, 0.2) is 12.6 Å². The van der Waals surface area contributed by atoms with Gasteiger partial charge >= 0.3 is 5.97 Å². The van der Waals surface area contributed by atoms with Gasteiger partial charge in [0.25, 0.3) is 5.91 Å². The van der Waals surface area contributed by atoms with Gasteiger partial charge in [-0.05, 0) is 17.7 Å². The highest BCUT2D eigenvalue weighted by Gasteiger charge is 2.24. The number of hydrogen-bond donors (Lipinski definition) is 1. The summed E-state index contributed by atoms with van der Waals surface area (Å²) < 4.78 is 4.83. The van der Waals surface area contributed by atoms with Crippen LogP contribution in [0.2, 0.25) is 0 Å². The average molecular weight is 294 g/mol. The second-order valence-electron chi connectivity index (χ2n) is 4.45. The monoisotopic (exact) mass is 294 g/mol. The zero-order valence-corrected chi connectivity index (χ0v) is 11.7. The highest BCUT2D eigenvalue weighted by molar-refractivity contribution is 5.97. The smallest absolute Gasteiger partial charge is 0.334 e. The predicted octanol–water partition coefficient (Wildman–Crippen LogP) is 2.22. The van der Waals surface area contributed by atoms with Crippen molar-refractivity contribution in [2.24, 2.45) is 0 Å². The van der Waals surface area contributed by atoms with E-state index in [0.717, 1.165) is 0 Å². The fraction of sp³-hybridized carbons (Fsp3) is 0.118. The van der Waals surface area contributed by atoms with E-state index in [0.29, 0.717) is 11.1 Å². The molecule has 0 radical (unpaired) electrons. The number of rotatable bonds is 5. The van der Waals surface area contributed by atoms with Crippen molar-refractivity contribution < 1.29 is 14.3 Å². The first-order chi connectivity index (χ1) is 10.7. The van der Waals surface area contributed by atoms with Crippen molar-refractivity contribution in [1.29, 1.82) is 5.26 Å². The molecule has 1 unspecified atom stereocenters. The van der Waals surface area contributed by atoms with Gasteiger partial charge in [-0.25, -0.2) is 4.79 Å². The molecule has 0 fully saturated rings. The van der Waals surface area contributed by atoms with Crippen LogP contribution in [0.15, 0.2) is 60.7 Å². The van der Waals surface area contributed by atoms with E-state index >= 15 is 0 Å². The van der Waals surface area contributed by atoms with Crippen LogP contribution in [0, 0.1) is 11.3 Å². The van der Waals surface area contributed by atoms with Gasteiger partial charge in [0.05, 0.1) is 0 Å². The Hall–Kier alpha value is -3.13. The van der Waals surface area contributed by atoms with Crippen LogP contribution in [0.3, 0.4) is 0 Å². The number of nitriles is 1. The summed E-state index contributed by atoms with van der Waals surface area (Å²) in [6.45, 7) is -0.358. The minimum absolute atomic E-state index is 0.358. The SMILES string of the molecule is N#CCOC(=O)C(NC(=O)c1ccccc1)c1ccccc1. The average Bonchev–Trinajstić information content (AvgIpc) is 2.59. The lowest BCUT2D eigenvalue weighted by atomic mass is 10.1. The van der Waals surface area contributed by atoms with Gasteiger partial charge < -0.3 is 10.1 Å². The molecule has 0 aliphatic heterocycles. The summed E-state index contributed by atoms with van der Waals surface area (Å²) in [6.07, 6.45) is 0. The van der Waals surface area contributed by atoms with Crippen molar-refractivity contribution in [3.8, 4) is 6.07 Å². The minimum atomic E-state index is -0.956. The lowest BCUT2D eigenvalue weighted by molar-refractivity contribution is -0.144. The summed E-state index contributed by atoms with van der Waals surface area (Å²) >= 11 is 0. The van der Waals surface area contributed by atoms with Crippen LogP contribution in [0.4, 0.5) is 0 Å². The van der Waals surface area contributed by atoms with Crippen molar-refractivity contribution in [2.75, 3.05) is 6.61 Å². The molecule has 0 bridgehead atoms. The molecule has 5 heteroatoms. The normalized spacial score (nSPS) is 11.0. The van der Waals surface area contributed by atoms with E-state index in [1.54, 1.807) is 66.7 Å². The van der Waals surface area contributed by atoms with Crippen LogP contribution < -0.4 is 5.32 Å². The van der Waals surface area contributed by atoms with E-state index in [2.05, 4.69) is 5.32 Å². The molecule has 2 rings (SSSR count). The zero-order valence-electron chi connectivity index (χ0n) is 11.7. The number of ether oxygens (including phenoxy) is 1. The predicted molar refractivity (Wildman–Crippen MR) is 79.7 cm³/mol. The fourth-order valence-electron chi connectivity index (χ4n) is 1.91. The van der Waals surface area contributed by atoms with Gasteiger partial charge in [-0.2, -0.15) is 5.26 Å². The highest BCUT2D eigenvalue weighted by Crippen LogP contribution is 2.15.